The van der Waals surface area contributed by atoms with E-state index in [4.69, 9.17) is 4.74 Å². The number of rotatable bonds is 5. The second-order valence-corrected chi connectivity index (χ2v) is 8.73. The van der Waals surface area contributed by atoms with Crippen molar-refractivity contribution in [2.75, 3.05) is 17.2 Å². The number of fused-ring (bicyclic) bond motifs is 2. The van der Waals surface area contributed by atoms with Crippen LogP contribution in [0, 0.1) is 5.95 Å². The Morgan fingerprint density at radius 1 is 1.16 bits per heavy atom. The molecule has 0 fully saturated rings. The molecule has 0 spiro atoms. The molecule has 2 N–H and O–H groups in total. The van der Waals surface area contributed by atoms with Crippen molar-refractivity contribution in [3.8, 4) is 34.1 Å². The smallest absolute Gasteiger partial charge is 0.324 e. The van der Waals surface area contributed by atoms with Crippen LogP contribution in [0.3, 0.4) is 0 Å². The molecule has 2 aromatic carbocycles. The molecule has 0 aliphatic carbocycles. The van der Waals surface area contributed by atoms with Gasteiger partial charge in [-0.25, -0.2) is 15.0 Å². The SMILES string of the molecule is C=CC(=O)Nc1ccc(-c2c3c4c(ncnc4n2C)NCCc2cc(Oc4nccc(F)n4)ccc2-3)cc1. The minimum atomic E-state index is -0.659. The first-order valence-corrected chi connectivity index (χ1v) is 11.9. The molecule has 10 heteroatoms. The first-order valence-electron chi connectivity index (χ1n) is 11.9. The molecule has 5 aromatic rings. The summed E-state index contributed by atoms with van der Waals surface area (Å²) in [6, 6.07) is 14.5. The van der Waals surface area contributed by atoms with Gasteiger partial charge in [-0.3, -0.25) is 4.79 Å². The number of hydrogen-bond acceptors (Lipinski definition) is 7. The number of aryl methyl sites for hydroxylation is 1. The summed E-state index contributed by atoms with van der Waals surface area (Å²) in [6.07, 6.45) is 4.80. The van der Waals surface area contributed by atoms with Gasteiger partial charge in [0.2, 0.25) is 11.9 Å². The summed E-state index contributed by atoms with van der Waals surface area (Å²) < 4.78 is 21.4. The summed E-state index contributed by atoms with van der Waals surface area (Å²) in [4.78, 5) is 28.5. The molecule has 1 aliphatic rings. The fraction of sp³-hybridized carbons (Fsp3) is 0.107. The van der Waals surface area contributed by atoms with Crippen molar-refractivity contribution in [3.63, 3.8) is 0 Å². The minimum absolute atomic E-state index is 0.0564. The van der Waals surface area contributed by atoms with Crippen LogP contribution in [-0.4, -0.2) is 37.0 Å². The predicted molar refractivity (Wildman–Crippen MR) is 142 cm³/mol. The molecule has 1 aliphatic heterocycles. The molecule has 0 saturated carbocycles. The van der Waals surface area contributed by atoms with E-state index >= 15 is 0 Å². The molecular formula is C28H22FN7O2. The topological polar surface area (TPSA) is 107 Å². The molecule has 0 atom stereocenters. The molecule has 9 nitrogen and oxygen atoms in total. The Morgan fingerprint density at radius 3 is 2.79 bits per heavy atom. The summed E-state index contributed by atoms with van der Waals surface area (Å²) in [5.74, 6) is 0.344. The maximum Gasteiger partial charge on any atom is 0.324 e. The van der Waals surface area contributed by atoms with Gasteiger partial charge in [0.1, 0.15) is 23.5 Å². The van der Waals surface area contributed by atoms with Crippen molar-refractivity contribution in [3.05, 3.63) is 85.2 Å². The molecule has 3 aromatic heterocycles. The molecule has 0 unspecified atom stereocenters. The highest BCUT2D eigenvalue weighted by molar-refractivity contribution is 6.09. The Morgan fingerprint density at radius 2 is 2.00 bits per heavy atom. The van der Waals surface area contributed by atoms with E-state index in [0.717, 1.165) is 44.8 Å². The number of ether oxygens (including phenoxy) is 1. The van der Waals surface area contributed by atoms with Crippen LogP contribution in [0.2, 0.25) is 0 Å². The average Bonchev–Trinajstić information content (AvgIpc) is 3.21. The van der Waals surface area contributed by atoms with Crippen LogP contribution in [0.1, 0.15) is 5.56 Å². The third-order valence-corrected chi connectivity index (χ3v) is 6.42. The predicted octanol–water partition coefficient (Wildman–Crippen LogP) is 5.12. The highest BCUT2D eigenvalue weighted by Gasteiger charge is 2.26. The van der Waals surface area contributed by atoms with Gasteiger partial charge < -0.3 is 19.9 Å². The van der Waals surface area contributed by atoms with Gasteiger partial charge in [0, 0.05) is 37.1 Å². The molecule has 1 amide bonds. The quantitative estimate of drug-likeness (QED) is 0.251. The summed E-state index contributed by atoms with van der Waals surface area (Å²) in [7, 11) is 1.97. The van der Waals surface area contributed by atoms with E-state index in [2.05, 4.69) is 41.7 Å². The third kappa shape index (κ3) is 4.11. The maximum atomic E-state index is 13.5. The zero-order valence-corrected chi connectivity index (χ0v) is 20.4. The number of benzene rings is 2. The first-order chi connectivity index (χ1) is 18.5. The van der Waals surface area contributed by atoms with Crippen LogP contribution < -0.4 is 15.4 Å². The third-order valence-electron chi connectivity index (χ3n) is 6.42. The number of nitrogens with one attached hydrogen (secondary N) is 2. The molecule has 0 saturated heterocycles. The van der Waals surface area contributed by atoms with Crippen molar-refractivity contribution >= 4 is 28.4 Å². The van der Waals surface area contributed by atoms with E-state index in [1.54, 1.807) is 6.33 Å². The van der Waals surface area contributed by atoms with Crippen LogP contribution in [0.5, 0.6) is 11.8 Å². The number of aromatic nitrogens is 5. The normalized spacial score (nSPS) is 12.2. The van der Waals surface area contributed by atoms with Gasteiger partial charge in [-0.05, 0) is 53.5 Å². The lowest BCUT2D eigenvalue weighted by Gasteiger charge is -2.18. The number of amides is 1. The molecule has 188 valence electrons. The largest absolute Gasteiger partial charge is 0.424 e. The van der Waals surface area contributed by atoms with E-state index in [1.165, 1.54) is 18.3 Å². The summed E-state index contributed by atoms with van der Waals surface area (Å²) in [6.45, 7) is 4.15. The van der Waals surface area contributed by atoms with E-state index in [9.17, 15) is 9.18 Å². The van der Waals surface area contributed by atoms with E-state index in [-0.39, 0.29) is 11.9 Å². The van der Waals surface area contributed by atoms with E-state index in [0.29, 0.717) is 24.4 Å². The van der Waals surface area contributed by atoms with E-state index < -0.39 is 5.95 Å². The number of halogens is 1. The Balaban J connectivity index is 1.50. The lowest BCUT2D eigenvalue weighted by molar-refractivity contribution is -0.111. The highest BCUT2D eigenvalue weighted by atomic mass is 19.1. The van der Waals surface area contributed by atoms with Crippen molar-refractivity contribution in [1.82, 2.24) is 24.5 Å². The summed E-state index contributed by atoms with van der Waals surface area (Å²) in [5, 5.41) is 7.13. The van der Waals surface area contributed by atoms with Gasteiger partial charge in [0.15, 0.2) is 0 Å². The summed E-state index contributed by atoms with van der Waals surface area (Å²) in [5.41, 5.74) is 6.39. The number of nitrogens with zero attached hydrogens (tertiary/aromatic N) is 5. The fourth-order valence-electron chi connectivity index (χ4n) is 4.77. The molecule has 4 heterocycles. The number of carbonyl (C=O) groups is 1. The Hall–Kier alpha value is -5.12. The van der Waals surface area contributed by atoms with Crippen LogP contribution in [-0.2, 0) is 18.3 Å². The van der Waals surface area contributed by atoms with Crippen molar-refractivity contribution in [2.45, 2.75) is 6.42 Å². The molecule has 0 radical (unpaired) electrons. The molecule has 38 heavy (non-hydrogen) atoms. The Kier molecular flexibility index (Phi) is 5.76. The number of carbonyl (C=O) groups excluding carboxylic acids is 1. The second-order valence-electron chi connectivity index (χ2n) is 8.73. The van der Waals surface area contributed by atoms with Crippen LogP contribution in [0.15, 0.2) is 73.7 Å². The summed E-state index contributed by atoms with van der Waals surface area (Å²) >= 11 is 0. The number of anilines is 2. The van der Waals surface area contributed by atoms with Gasteiger partial charge in [-0.15, -0.1) is 0 Å². The second kappa shape index (κ2) is 9.40. The van der Waals surface area contributed by atoms with Gasteiger partial charge in [0.25, 0.3) is 0 Å². The fourth-order valence-corrected chi connectivity index (χ4v) is 4.77. The van der Waals surface area contributed by atoms with E-state index in [1.807, 2.05) is 49.5 Å². The van der Waals surface area contributed by atoms with Crippen LogP contribution in [0.25, 0.3) is 33.4 Å². The lowest BCUT2D eigenvalue weighted by Crippen LogP contribution is -2.10. The zero-order valence-electron chi connectivity index (χ0n) is 20.4. The first kappa shape index (κ1) is 23.3. The van der Waals surface area contributed by atoms with Gasteiger partial charge in [-0.1, -0.05) is 24.8 Å². The minimum Gasteiger partial charge on any atom is -0.424 e. The average molecular weight is 508 g/mol. The molecule has 0 bridgehead atoms. The molecule has 6 rings (SSSR count). The molecular weight excluding hydrogens is 485 g/mol. The highest BCUT2D eigenvalue weighted by Crippen LogP contribution is 2.45. The van der Waals surface area contributed by atoms with Crippen molar-refractivity contribution in [1.29, 1.82) is 0 Å². The monoisotopic (exact) mass is 507 g/mol. The Bertz CT molecular complexity index is 1710. The van der Waals surface area contributed by atoms with Gasteiger partial charge >= 0.3 is 6.01 Å². The van der Waals surface area contributed by atoms with Gasteiger partial charge in [0.05, 0.1) is 11.1 Å². The van der Waals surface area contributed by atoms with Crippen molar-refractivity contribution < 1.29 is 13.9 Å². The van der Waals surface area contributed by atoms with Gasteiger partial charge in [-0.2, -0.15) is 9.37 Å². The van der Waals surface area contributed by atoms with Crippen LogP contribution in [0.4, 0.5) is 15.9 Å². The standard InChI is InChI=1S/C28H22FN7O2/c1-3-22(37)34-18-6-4-16(5-7-18)25-23-20-9-8-19(38-28-31-13-11-21(29)35-28)14-17(20)10-12-30-26-24(23)27(36(25)2)33-15-32-26/h3-9,11,13-15H,1,10,12H2,2H3,(H,34,37)(H,30,32,33). The van der Waals surface area contributed by atoms with Crippen molar-refractivity contribution in [2.24, 2.45) is 7.05 Å². The number of hydrogen-bond donors (Lipinski definition) is 2. The Labute approximate surface area is 217 Å². The lowest BCUT2D eigenvalue weighted by atomic mass is 9.92. The van der Waals surface area contributed by atoms with Crippen LogP contribution >= 0.6 is 0 Å². The zero-order chi connectivity index (χ0) is 26.2. The maximum absolute atomic E-state index is 13.5.